The third-order valence-corrected chi connectivity index (χ3v) is 3.48. The maximum absolute atomic E-state index is 12.1. The molecule has 0 spiro atoms. The lowest BCUT2D eigenvalue weighted by Crippen LogP contribution is -2.46. The topological polar surface area (TPSA) is 87.1 Å². The Labute approximate surface area is 99.2 Å². The number of carboxylic acids is 1. The van der Waals surface area contributed by atoms with E-state index in [0.29, 0.717) is 6.61 Å². The number of rotatable bonds is 2. The first kappa shape index (κ1) is 12.3. The predicted molar refractivity (Wildman–Crippen MR) is 57.3 cm³/mol. The molecular weight excluding hydrogens is 226 g/mol. The molecule has 1 amide bonds. The van der Waals surface area contributed by atoms with E-state index in [1.165, 1.54) is 4.90 Å². The lowest BCUT2D eigenvalue weighted by atomic mass is 10.0. The molecule has 17 heavy (non-hydrogen) atoms. The number of nitrogens with zero attached hydrogens (tertiary/aromatic N) is 1. The average molecular weight is 243 g/mol. The number of carboxylic acid groups (broad SMARTS) is 1. The van der Waals surface area contributed by atoms with E-state index >= 15 is 0 Å². The highest BCUT2D eigenvalue weighted by atomic mass is 16.5. The number of hydrogen-bond donors (Lipinski definition) is 2. The summed E-state index contributed by atoms with van der Waals surface area (Å²) in [6.07, 6.45) is -0.397. The van der Waals surface area contributed by atoms with Crippen molar-refractivity contribution in [2.75, 3.05) is 13.2 Å². The van der Waals surface area contributed by atoms with Crippen molar-refractivity contribution < 1.29 is 24.5 Å². The largest absolute Gasteiger partial charge is 0.480 e. The molecule has 0 aromatic rings. The number of carbonyl (C=O) groups is 2. The maximum Gasteiger partial charge on any atom is 0.326 e. The predicted octanol–water partition coefficient (Wildman–Crippen LogP) is -0.542. The quantitative estimate of drug-likeness (QED) is 0.680. The van der Waals surface area contributed by atoms with Gasteiger partial charge in [-0.15, -0.1) is 0 Å². The fourth-order valence-corrected chi connectivity index (χ4v) is 2.47. The summed E-state index contributed by atoms with van der Waals surface area (Å²) in [5, 5.41) is 18.5. The fourth-order valence-electron chi connectivity index (χ4n) is 2.47. The van der Waals surface area contributed by atoms with Crippen LogP contribution in [0, 0.1) is 5.92 Å². The minimum Gasteiger partial charge on any atom is -0.480 e. The Bertz CT molecular complexity index is 332. The van der Waals surface area contributed by atoms with Gasteiger partial charge in [0, 0.05) is 19.6 Å². The highest BCUT2D eigenvalue weighted by molar-refractivity contribution is 5.87. The Morgan fingerprint density at radius 3 is 2.65 bits per heavy atom. The molecule has 0 saturated carbocycles. The van der Waals surface area contributed by atoms with E-state index in [-0.39, 0.29) is 24.8 Å². The molecule has 2 rings (SSSR count). The van der Waals surface area contributed by atoms with Crippen LogP contribution >= 0.6 is 0 Å². The van der Waals surface area contributed by atoms with Gasteiger partial charge in [0.15, 0.2) is 0 Å². The number of ether oxygens (including phenoxy) is 1. The molecule has 2 heterocycles. The average Bonchev–Trinajstić information content (AvgIpc) is 2.83. The van der Waals surface area contributed by atoms with Crippen molar-refractivity contribution in [2.24, 2.45) is 5.92 Å². The van der Waals surface area contributed by atoms with Gasteiger partial charge in [-0.25, -0.2) is 4.79 Å². The summed E-state index contributed by atoms with van der Waals surface area (Å²) in [5.74, 6) is -1.27. The van der Waals surface area contributed by atoms with E-state index in [4.69, 9.17) is 9.84 Å². The second-order valence-corrected chi connectivity index (χ2v) is 4.79. The van der Waals surface area contributed by atoms with Crippen LogP contribution in [0.2, 0.25) is 0 Å². The molecule has 2 aliphatic rings. The third-order valence-electron chi connectivity index (χ3n) is 3.48. The molecule has 0 aromatic carbocycles. The Balaban J connectivity index is 2.10. The van der Waals surface area contributed by atoms with Crippen LogP contribution in [0.3, 0.4) is 0 Å². The number of likely N-dealkylation sites (tertiary alicyclic amines) is 1. The first-order chi connectivity index (χ1) is 8.00. The third kappa shape index (κ3) is 2.28. The molecule has 0 aliphatic carbocycles. The summed E-state index contributed by atoms with van der Waals surface area (Å²) < 4.78 is 5.34. The van der Waals surface area contributed by atoms with Crippen molar-refractivity contribution in [3.63, 3.8) is 0 Å². The van der Waals surface area contributed by atoms with E-state index in [0.717, 1.165) is 6.42 Å². The van der Waals surface area contributed by atoms with Crippen molar-refractivity contribution in [1.82, 2.24) is 4.90 Å². The molecule has 2 saturated heterocycles. The van der Waals surface area contributed by atoms with Crippen molar-refractivity contribution in [3.05, 3.63) is 0 Å². The highest BCUT2D eigenvalue weighted by Crippen LogP contribution is 2.26. The van der Waals surface area contributed by atoms with Crippen molar-refractivity contribution in [3.8, 4) is 0 Å². The Hall–Kier alpha value is -1.14. The smallest absolute Gasteiger partial charge is 0.326 e. The molecule has 2 N–H and O–H groups in total. The monoisotopic (exact) mass is 243 g/mol. The number of β-amino-alcohol motifs (C(OH)–C–C–N with tert-alkyl or cyclic N) is 1. The molecule has 2 fully saturated rings. The van der Waals surface area contributed by atoms with E-state index < -0.39 is 24.2 Å². The van der Waals surface area contributed by atoms with Crippen LogP contribution in [-0.4, -0.2) is 58.4 Å². The number of carbonyl (C=O) groups excluding carboxylic acids is 1. The van der Waals surface area contributed by atoms with Crippen LogP contribution in [0.1, 0.15) is 19.8 Å². The molecule has 2 unspecified atom stereocenters. The second-order valence-electron chi connectivity index (χ2n) is 4.79. The van der Waals surface area contributed by atoms with Gasteiger partial charge in [-0.1, -0.05) is 6.92 Å². The van der Waals surface area contributed by atoms with Crippen molar-refractivity contribution in [1.29, 1.82) is 0 Å². The normalized spacial score (nSPS) is 37.4. The Morgan fingerprint density at radius 2 is 2.12 bits per heavy atom. The zero-order valence-corrected chi connectivity index (χ0v) is 9.70. The standard InChI is InChI=1S/C11H17NO5/c1-6-2-3-17-9(6)10(14)12-5-7(13)4-8(12)11(15)16/h6-9,13H,2-5H2,1H3,(H,15,16)/t6?,7-,8-,9?/m1/s1. The van der Waals surface area contributed by atoms with Gasteiger partial charge < -0.3 is 19.8 Å². The molecule has 0 aromatic heterocycles. The maximum atomic E-state index is 12.1. The summed E-state index contributed by atoms with van der Waals surface area (Å²) in [5.41, 5.74) is 0. The van der Waals surface area contributed by atoms with Crippen LogP contribution in [0.4, 0.5) is 0 Å². The van der Waals surface area contributed by atoms with Crippen LogP contribution in [0.5, 0.6) is 0 Å². The number of amides is 1. The van der Waals surface area contributed by atoms with Crippen LogP contribution in [0.15, 0.2) is 0 Å². The van der Waals surface area contributed by atoms with E-state index in [2.05, 4.69) is 0 Å². The molecular formula is C11H17NO5. The first-order valence-electron chi connectivity index (χ1n) is 5.83. The van der Waals surface area contributed by atoms with Crippen LogP contribution in [0.25, 0.3) is 0 Å². The summed E-state index contributed by atoms with van der Waals surface area (Å²) in [6.45, 7) is 2.53. The summed E-state index contributed by atoms with van der Waals surface area (Å²) in [4.78, 5) is 24.4. The highest BCUT2D eigenvalue weighted by Gasteiger charge is 2.43. The number of aliphatic hydroxyl groups excluding tert-OH is 1. The molecule has 2 aliphatic heterocycles. The number of aliphatic hydroxyl groups is 1. The first-order valence-corrected chi connectivity index (χ1v) is 5.83. The summed E-state index contributed by atoms with van der Waals surface area (Å²) >= 11 is 0. The van der Waals surface area contributed by atoms with Gasteiger partial charge in [0.05, 0.1) is 6.10 Å². The Morgan fingerprint density at radius 1 is 1.41 bits per heavy atom. The van der Waals surface area contributed by atoms with Gasteiger partial charge >= 0.3 is 5.97 Å². The van der Waals surface area contributed by atoms with Gasteiger partial charge in [0.25, 0.3) is 5.91 Å². The van der Waals surface area contributed by atoms with Crippen molar-refractivity contribution in [2.45, 2.75) is 38.0 Å². The Kier molecular flexibility index (Phi) is 3.35. The number of hydrogen-bond acceptors (Lipinski definition) is 4. The van der Waals surface area contributed by atoms with E-state index in [9.17, 15) is 14.7 Å². The van der Waals surface area contributed by atoms with Gasteiger partial charge in [-0.05, 0) is 12.3 Å². The lowest BCUT2D eigenvalue weighted by Gasteiger charge is -2.25. The van der Waals surface area contributed by atoms with Crippen LogP contribution in [-0.2, 0) is 14.3 Å². The van der Waals surface area contributed by atoms with Gasteiger partial charge in [0.1, 0.15) is 12.1 Å². The van der Waals surface area contributed by atoms with Gasteiger partial charge in [-0.3, -0.25) is 4.79 Å². The van der Waals surface area contributed by atoms with Gasteiger partial charge in [0.2, 0.25) is 0 Å². The summed E-state index contributed by atoms with van der Waals surface area (Å²) in [7, 11) is 0. The molecule has 0 radical (unpaired) electrons. The minimum absolute atomic E-state index is 0.0857. The second kappa shape index (κ2) is 4.62. The van der Waals surface area contributed by atoms with Gasteiger partial charge in [-0.2, -0.15) is 0 Å². The molecule has 6 nitrogen and oxygen atoms in total. The lowest BCUT2D eigenvalue weighted by molar-refractivity contribution is -0.153. The molecule has 4 atom stereocenters. The zero-order valence-electron chi connectivity index (χ0n) is 9.70. The molecule has 0 bridgehead atoms. The fraction of sp³-hybridized carbons (Fsp3) is 0.818. The van der Waals surface area contributed by atoms with E-state index in [1.807, 2.05) is 6.92 Å². The van der Waals surface area contributed by atoms with Crippen LogP contribution < -0.4 is 0 Å². The van der Waals surface area contributed by atoms with E-state index in [1.54, 1.807) is 0 Å². The zero-order chi connectivity index (χ0) is 12.6. The SMILES string of the molecule is CC1CCOC1C(=O)N1C[C@H](O)C[C@@H]1C(=O)O. The van der Waals surface area contributed by atoms with Crippen molar-refractivity contribution >= 4 is 11.9 Å². The summed E-state index contributed by atoms with van der Waals surface area (Å²) in [6, 6.07) is -0.922. The molecule has 96 valence electrons. The molecule has 6 heteroatoms. The number of aliphatic carboxylic acids is 1. The minimum atomic E-state index is -1.07.